The molecule has 0 bridgehead atoms. The topological polar surface area (TPSA) is 45.7 Å². The molecular weight excluding hydrogens is 465 g/mol. The number of aromatic nitrogens is 1. The van der Waals surface area contributed by atoms with Crippen LogP contribution in [0.2, 0.25) is 5.02 Å². The standard InChI is InChI=1S/C24H24ClN3O2S.ClH/c1-16-12-19(25)14-21-23(16)26-24(31-21)28(11-10-27(2)3)22(29)15-30-20-9-8-17-6-4-5-7-18(17)13-20;/h4-9,12-14H,10-11,15H2,1-3H3;1H. The fourth-order valence-corrected chi connectivity index (χ4v) is 4.83. The number of hydrogen-bond donors (Lipinski definition) is 0. The average Bonchev–Trinajstić information content (AvgIpc) is 3.16. The number of rotatable bonds is 7. The van der Waals surface area contributed by atoms with Crippen molar-refractivity contribution in [2.75, 3.05) is 38.7 Å². The molecule has 168 valence electrons. The first-order valence-corrected chi connectivity index (χ1v) is 11.2. The van der Waals surface area contributed by atoms with Crippen LogP contribution in [-0.4, -0.2) is 49.6 Å². The lowest BCUT2D eigenvalue weighted by atomic mass is 10.1. The molecule has 0 aliphatic carbocycles. The van der Waals surface area contributed by atoms with Gasteiger partial charge in [0.05, 0.1) is 10.2 Å². The van der Waals surface area contributed by atoms with Crippen LogP contribution in [0.5, 0.6) is 5.75 Å². The number of carbonyl (C=O) groups excluding carboxylic acids is 1. The predicted molar refractivity (Wildman–Crippen MR) is 137 cm³/mol. The van der Waals surface area contributed by atoms with Crippen LogP contribution < -0.4 is 9.64 Å². The normalized spacial score (nSPS) is 11.0. The van der Waals surface area contributed by atoms with E-state index >= 15 is 0 Å². The van der Waals surface area contributed by atoms with Gasteiger partial charge in [0.15, 0.2) is 11.7 Å². The molecule has 0 saturated heterocycles. The van der Waals surface area contributed by atoms with Gasteiger partial charge >= 0.3 is 0 Å². The number of amides is 1. The number of thiazole rings is 1. The first kappa shape index (κ1) is 24.3. The van der Waals surface area contributed by atoms with E-state index in [1.807, 2.05) is 74.4 Å². The minimum atomic E-state index is -0.127. The van der Waals surface area contributed by atoms with Crippen molar-refractivity contribution in [1.29, 1.82) is 0 Å². The molecule has 5 nitrogen and oxygen atoms in total. The summed E-state index contributed by atoms with van der Waals surface area (Å²) in [7, 11) is 3.97. The number of halogens is 2. The second-order valence-corrected chi connectivity index (χ2v) is 9.16. The predicted octanol–water partition coefficient (Wildman–Crippen LogP) is 5.81. The molecule has 0 N–H and O–H groups in total. The number of fused-ring (bicyclic) bond motifs is 2. The van der Waals surface area contributed by atoms with Crippen LogP contribution in [0.4, 0.5) is 5.13 Å². The number of ether oxygens (including phenoxy) is 1. The summed E-state index contributed by atoms with van der Waals surface area (Å²) in [6.45, 7) is 3.17. The second kappa shape index (κ2) is 10.5. The molecule has 32 heavy (non-hydrogen) atoms. The summed E-state index contributed by atoms with van der Waals surface area (Å²) >= 11 is 7.68. The summed E-state index contributed by atoms with van der Waals surface area (Å²) in [5, 5.41) is 3.55. The Kier molecular flexibility index (Phi) is 7.96. The highest BCUT2D eigenvalue weighted by Crippen LogP contribution is 2.33. The Bertz CT molecular complexity index is 1240. The van der Waals surface area contributed by atoms with E-state index in [1.54, 1.807) is 4.90 Å². The summed E-state index contributed by atoms with van der Waals surface area (Å²) < 4.78 is 6.82. The summed E-state index contributed by atoms with van der Waals surface area (Å²) in [6.07, 6.45) is 0. The Morgan fingerprint density at radius 2 is 1.81 bits per heavy atom. The van der Waals surface area contributed by atoms with Gasteiger partial charge < -0.3 is 9.64 Å². The highest BCUT2D eigenvalue weighted by molar-refractivity contribution is 7.22. The molecule has 0 aliphatic rings. The van der Waals surface area contributed by atoms with Gasteiger partial charge in [0.25, 0.3) is 5.91 Å². The maximum Gasteiger partial charge on any atom is 0.266 e. The van der Waals surface area contributed by atoms with Gasteiger partial charge in [0, 0.05) is 18.1 Å². The lowest BCUT2D eigenvalue weighted by molar-refractivity contribution is -0.120. The number of anilines is 1. The third-order valence-corrected chi connectivity index (χ3v) is 6.27. The van der Waals surface area contributed by atoms with Crippen molar-refractivity contribution in [2.45, 2.75) is 6.92 Å². The Morgan fingerprint density at radius 1 is 1.06 bits per heavy atom. The van der Waals surface area contributed by atoms with E-state index in [9.17, 15) is 4.79 Å². The van der Waals surface area contributed by atoms with E-state index in [4.69, 9.17) is 21.3 Å². The second-order valence-electron chi connectivity index (χ2n) is 7.71. The monoisotopic (exact) mass is 489 g/mol. The molecule has 4 rings (SSSR count). The molecule has 1 heterocycles. The first-order chi connectivity index (χ1) is 14.9. The summed E-state index contributed by atoms with van der Waals surface area (Å²) in [4.78, 5) is 21.6. The van der Waals surface area contributed by atoms with Gasteiger partial charge in [0.2, 0.25) is 0 Å². The zero-order valence-electron chi connectivity index (χ0n) is 18.2. The smallest absolute Gasteiger partial charge is 0.266 e. The SMILES string of the molecule is Cc1cc(Cl)cc2sc(N(CCN(C)C)C(=O)COc3ccc4ccccc4c3)nc12.Cl. The highest BCUT2D eigenvalue weighted by atomic mass is 35.5. The van der Waals surface area contributed by atoms with Gasteiger partial charge in [0.1, 0.15) is 5.75 Å². The molecule has 4 aromatic rings. The van der Waals surface area contributed by atoms with Crippen molar-refractivity contribution in [1.82, 2.24) is 9.88 Å². The number of likely N-dealkylation sites (N-methyl/N-ethyl adjacent to an activating group) is 1. The van der Waals surface area contributed by atoms with Gasteiger partial charge in [-0.3, -0.25) is 9.69 Å². The minimum Gasteiger partial charge on any atom is -0.484 e. The minimum absolute atomic E-state index is 0. The molecule has 0 atom stereocenters. The third kappa shape index (κ3) is 5.51. The zero-order valence-corrected chi connectivity index (χ0v) is 20.6. The van der Waals surface area contributed by atoms with Crippen LogP contribution in [0, 0.1) is 6.92 Å². The van der Waals surface area contributed by atoms with Crippen molar-refractivity contribution >= 4 is 67.4 Å². The average molecular weight is 490 g/mol. The summed E-state index contributed by atoms with van der Waals surface area (Å²) in [5.41, 5.74) is 1.87. The quantitative estimate of drug-likeness (QED) is 0.328. The summed E-state index contributed by atoms with van der Waals surface area (Å²) in [5.74, 6) is 0.546. The van der Waals surface area contributed by atoms with E-state index in [2.05, 4.69) is 6.07 Å². The molecule has 0 radical (unpaired) electrons. The Labute approximate surface area is 203 Å². The maximum atomic E-state index is 13.1. The molecule has 0 spiro atoms. The van der Waals surface area contributed by atoms with Crippen LogP contribution in [0.1, 0.15) is 5.56 Å². The number of carbonyl (C=O) groups is 1. The Hall–Kier alpha value is -2.38. The van der Waals surface area contributed by atoms with E-state index in [0.717, 1.165) is 33.1 Å². The fourth-order valence-electron chi connectivity index (χ4n) is 3.37. The van der Waals surface area contributed by atoms with Gasteiger partial charge in [-0.15, -0.1) is 12.4 Å². The zero-order chi connectivity index (χ0) is 22.0. The number of benzene rings is 3. The third-order valence-electron chi connectivity index (χ3n) is 5.03. The number of aryl methyl sites for hydroxylation is 1. The van der Waals surface area contributed by atoms with Crippen LogP contribution in [0.25, 0.3) is 21.0 Å². The van der Waals surface area contributed by atoms with E-state index in [0.29, 0.717) is 22.4 Å². The van der Waals surface area contributed by atoms with Gasteiger partial charge in [-0.25, -0.2) is 4.98 Å². The van der Waals surface area contributed by atoms with Crippen LogP contribution >= 0.6 is 35.3 Å². The maximum absolute atomic E-state index is 13.1. The van der Waals surface area contributed by atoms with E-state index in [-0.39, 0.29) is 24.9 Å². The molecular formula is C24H25Cl2N3O2S. The lowest BCUT2D eigenvalue weighted by Crippen LogP contribution is -2.39. The van der Waals surface area contributed by atoms with Gasteiger partial charge in [-0.05, 0) is 61.6 Å². The fraction of sp³-hybridized carbons (Fsp3) is 0.250. The molecule has 1 aromatic heterocycles. The molecule has 1 amide bonds. The first-order valence-electron chi connectivity index (χ1n) is 10.0. The van der Waals surface area contributed by atoms with Crippen molar-refractivity contribution in [2.24, 2.45) is 0 Å². The van der Waals surface area contributed by atoms with Crippen molar-refractivity contribution in [3.8, 4) is 5.75 Å². The molecule has 0 aliphatic heterocycles. The van der Waals surface area contributed by atoms with E-state index < -0.39 is 0 Å². The van der Waals surface area contributed by atoms with E-state index in [1.165, 1.54) is 11.3 Å². The molecule has 8 heteroatoms. The molecule has 0 unspecified atom stereocenters. The molecule has 0 fully saturated rings. The molecule has 3 aromatic carbocycles. The Balaban J connectivity index is 0.00000289. The largest absolute Gasteiger partial charge is 0.484 e. The lowest BCUT2D eigenvalue weighted by Gasteiger charge is -2.22. The highest BCUT2D eigenvalue weighted by Gasteiger charge is 2.21. The van der Waals surface area contributed by atoms with Gasteiger partial charge in [-0.2, -0.15) is 0 Å². The van der Waals surface area contributed by atoms with Crippen molar-refractivity contribution < 1.29 is 9.53 Å². The van der Waals surface area contributed by atoms with Gasteiger partial charge in [-0.1, -0.05) is 53.3 Å². The summed E-state index contributed by atoms with van der Waals surface area (Å²) in [6, 6.07) is 17.7. The van der Waals surface area contributed by atoms with Crippen LogP contribution in [-0.2, 0) is 4.79 Å². The number of hydrogen-bond acceptors (Lipinski definition) is 5. The molecule has 0 saturated carbocycles. The van der Waals surface area contributed by atoms with Crippen LogP contribution in [0.15, 0.2) is 54.6 Å². The number of nitrogens with zero attached hydrogens (tertiary/aromatic N) is 3. The van der Waals surface area contributed by atoms with Crippen molar-refractivity contribution in [3.05, 3.63) is 65.2 Å². The Morgan fingerprint density at radius 3 is 2.56 bits per heavy atom. The van der Waals surface area contributed by atoms with Crippen molar-refractivity contribution in [3.63, 3.8) is 0 Å². The van der Waals surface area contributed by atoms with Crippen LogP contribution in [0.3, 0.4) is 0 Å².